The summed E-state index contributed by atoms with van der Waals surface area (Å²) in [4.78, 5) is 24.6. The largest absolute Gasteiger partial charge is 0.489 e. The summed E-state index contributed by atoms with van der Waals surface area (Å²) in [6, 6.07) is 22.8. The maximum Gasteiger partial charge on any atom is 0.291 e. The third-order valence-electron chi connectivity index (χ3n) is 4.56. The number of hydrogen-bond donors (Lipinski definition) is 2. The molecule has 1 heterocycles. The van der Waals surface area contributed by atoms with Crippen LogP contribution in [0.4, 0.5) is 15.8 Å². The number of amides is 2. The highest BCUT2D eigenvalue weighted by molar-refractivity contribution is 6.05. The van der Waals surface area contributed by atoms with Crippen LogP contribution in [0.15, 0.2) is 95.6 Å². The van der Waals surface area contributed by atoms with Gasteiger partial charge in [0.1, 0.15) is 18.2 Å². The van der Waals surface area contributed by atoms with Gasteiger partial charge in [-0.15, -0.1) is 0 Å². The minimum absolute atomic E-state index is 0.202. The van der Waals surface area contributed by atoms with Gasteiger partial charge in [-0.1, -0.05) is 18.2 Å². The summed E-state index contributed by atoms with van der Waals surface area (Å²) in [7, 11) is 0. The first kappa shape index (κ1) is 20.9. The number of ether oxygens (including phenoxy) is 1. The van der Waals surface area contributed by atoms with Gasteiger partial charge in [0.25, 0.3) is 11.8 Å². The van der Waals surface area contributed by atoms with Crippen LogP contribution in [0.1, 0.15) is 26.5 Å². The number of carbonyl (C=O) groups excluding carboxylic acids is 2. The molecule has 4 rings (SSSR count). The Morgan fingerprint density at radius 1 is 0.812 bits per heavy atom. The number of nitrogens with one attached hydrogen (secondary N) is 2. The number of rotatable bonds is 7. The predicted octanol–water partition coefficient (Wildman–Crippen LogP) is 5.50. The third-order valence-corrected chi connectivity index (χ3v) is 4.56. The van der Waals surface area contributed by atoms with Crippen LogP contribution in [0.3, 0.4) is 0 Å². The molecule has 0 aliphatic carbocycles. The van der Waals surface area contributed by atoms with Crippen LogP contribution < -0.4 is 15.4 Å². The van der Waals surface area contributed by atoms with Crippen molar-refractivity contribution in [3.63, 3.8) is 0 Å². The van der Waals surface area contributed by atoms with E-state index < -0.39 is 0 Å². The van der Waals surface area contributed by atoms with E-state index >= 15 is 0 Å². The lowest BCUT2D eigenvalue weighted by molar-refractivity contribution is 0.0995. The highest BCUT2D eigenvalue weighted by Crippen LogP contribution is 2.20. The molecule has 2 N–H and O–H groups in total. The summed E-state index contributed by atoms with van der Waals surface area (Å²) >= 11 is 0. The molecule has 160 valence electrons. The Hall–Kier alpha value is -4.39. The lowest BCUT2D eigenvalue weighted by Crippen LogP contribution is -2.13. The van der Waals surface area contributed by atoms with Gasteiger partial charge in [-0.2, -0.15) is 0 Å². The van der Waals surface area contributed by atoms with Gasteiger partial charge in [0.15, 0.2) is 5.76 Å². The van der Waals surface area contributed by atoms with Crippen LogP contribution in [0.2, 0.25) is 0 Å². The Labute approximate surface area is 183 Å². The minimum Gasteiger partial charge on any atom is -0.489 e. The van der Waals surface area contributed by atoms with Gasteiger partial charge in [0.05, 0.1) is 6.26 Å². The molecule has 0 atom stereocenters. The highest BCUT2D eigenvalue weighted by atomic mass is 19.1. The van der Waals surface area contributed by atoms with Crippen molar-refractivity contribution in [1.29, 1.82) is 0 Å². The Morgan fingerprint density at radius 3 is 2.28 bits per heavy atom. The number of benzene rings is 3. The van der Waals surface area contributed by atoms with Crippen LogP contribution in [-0.4, -0.2) is 11.8 Å². The van der Waals surface area contributed by atoms with E-state index in [9.17, 15) is 14.0 Å². The molecule has 3 aromatic carbocycles. The van der Waals surface area contributed by atoms with Gasteiger partial charge < -0.3 is 19.8 Å². The van der Waals surface area contributed by atoms with E-state index in [0.717, 1.165) is 5.56 Å². The van der Waals surface area contributed by atoms with Crippen molar-refractivity contribution in [2.75, 3.05) is 10.6 Å². The first-order valence-electron chi connectivity index (χ1n) is 9.80. The molecule has 0 spiro atoms. The fraction of sp³-hybridized carbons (Fsp3) is 0.0400. The van der Waals surface area contributed by atoms with Crippen LogP contribution in [-0.2, 0) is 6.61 Å². The normalized spacial score (nSPS) is 10.4. The first-order chi connectivity index (χ1) is 15.6. The molecule has 0 saturated carbocycles. The van der Waals surface area contributed by atoms with Gasteiger partial charge in [-0.25, -0.2) is 4.39 Å². The second kappa shape index (κ2) is 9.61. The zero-order valence-corrected chi connectivity index (χ0v) is 16.9. The second-order valence-corrected chi connectivity index (χ2v) is 6.91. The van der Waals surface area contributed by atoms with Crippen molar-refractivity contribution >= 4 is 23.2 Å². The number of hydrogen-bond acceptors (Lipinski definition) is 4. The van der Waals surface area contributed by atoms with E-state index in [1.54, 1.807) is 72.8 Å². The molecule has 6 nitrogen and oxygen atoms in total. The van der Waals surface area contributed by atoms with Crippen molar-refractivity contribution < 1.29 is 23.1 Å². The maximum absolute atomic E-state index is 13.0. The number of halogens is 1. The smallest absolute Gasteiger partial charge is 0.291 e. The van der Waals surface area contributed by atoms with Gasteiger partial charge >= 0.3 is 0 Å². The van der Waals surface area contributed by atoms with Crippen LogP contribution in [0.25, 0.3) is 0 Å². The molecule has 2 amide bonds. The lowest BCUT2D eigenvalue weighted by atomic mass is 10.2. The summed E-state index contributed by atoms with van der Waals surface area (Å²) in [6.45, 7) is 0.281. The van der Waals surface area contributed by atoms with E-state index in [1.165, 1.54) is 18.4 Å². The van der Waals surface area contributed by atoms with E-state index in [1.807, 2.05) is 0 Å². The van der Waals surface area contributed by atoms with E-state index in [-0.39, 0.29) is 30.0 Å². The summed E-state index contributed by atoms with van der Waals surface area (Å²) in [6.07, 6.45) is 1.42. The first-order valence-corrected chi connectivity index (χ1v) is 9.80. The monoisotopic (exact) mass is 430 g/mol. The molecule has 32 heavy (non-hydrogen) atoms. The van der Waals surface area contributed by atoms with E-state index in [0.29, 0.717) is 22.7 Å². The SMILES string of the molecule is O=C(Nc1cccc(OCc2ccc(F)cc2)c1)c1ccc(NC(=O)c2ccco2)cc1. The number of carbonyl (C=O) groups is 2. The average Bonchev–Trinajstić information content (AvgIpc) is 3.35. The molecular formula is C25H19FN2O4. The van der Waals surface area contributed by atoms with E-state index in [2.05, 4.69) is 10.6 Å². The van der Waals surface area contributed by atoms with Crippen molar-refractivity contribution in [2.45, 2.75) is 6.61 Å². The van der Waals surface area contributed by atoms with Gasteiger partial charge in [0.2, 0.25) is 0 Å². The van der Waals surface area contributed by atoms with Gasteiger partial charge in [-0.05, 0) is 66.2 Å². The summed E-state index contributed by atoms with van der Waals surface area (Å²) in [5, 5.41) is 5.51. The zero-order valence-electron chi connectivity index (χ0n) is 16.9. The minimum atomic E-state index is -0.371. The lowest BCUT2D eigenvalue weighted by Gasteiger charge is -2.10. The van der Waals surface area contributed by atoms with Crippen LogP contribution >= 0.6 is 0 Å². The molecule has 0 unspecified atom stereocenters. The predicted molar refractivity (Wildman–Crippen MR) is 118 cm³/mol. The van der Waals surface area contributed by atoms with Crippen molar-refractivity contribution in [1.82, 2.24) is 0 Å². The average molecular weight is 430 g/mol. The Balaban J connectivity index is 1.34. The second-order valence-electron chi connectivity index (χ2n) is 6.91. The highest BCUT2D eigenvalue weighted by Gasteiger charge is 2.10. The Bertz CT molecular complexity index is 1200. The Morgan fingerprint density at radius 2 is 1.56 bits per heavy atom. The molecule has 0 fully saturated rings. The molecule has 1 aromatic heterocycles. The van der Waals surface area contributed by atoms with Crippen molar-refractivity contribution in [3.8, 4) is 5.75 Å². The summed E-state index contributed by atoms with van der Waals surface area (Å²) < 4.78 is 23.8. The molecule has 0 saturated heterocycles. The fourth-order valence-electron chi connectivity index (χ4n) is 2.92. The molecule has 0 bridgehead atoms. The Kier molecular flexibility index (Phi) is 6.27. The van der Waals surface area contributed by atoms with Crippen molar-refractivity contribution in [2.24, 2.45) is 0 Å². The van der Waals surface area contributed by atoms with Gasteiger partial charge in [0, 0.05) is 23.0 Å². The van der Waals surface area contributed by atoms with Gasteiger partial charge in [-0.3, -0.25) is 9.59 Å². The standard InChI is InChI=1S/C25H19FN2O4/c26-19-10-6-17(7-11-19)16-32-22-4-1-3-21(15-22)28-24(29)18-8-12-20(13-9-18)27-25(30)23-5-2-14-31-23/h1-15H,16H2,(H,27,30)(H,28,29). The molecule has 7 heteroatoms. The van der Waals surface area contributed by atoms with E-state index in [4.69, 9.17) is 9.15 Å². The van der Waals surface area contributed by atoms with Crippen LogP contribution in [0.5, 0.6) is 5.75 Å². The van der Waals surface area contributed by atoms with Crippen molar-refractivity contribution in [3.05, 3.63) is 114 Å². The maximum atomic E-state index is 13.0. The molecular weight excluding hydrogens is 411 g/mol. The molecule has 0 radical (unpaired) electrons. The number of anilines is 2. The molecule has 4 aromatic rings. The fourth-order valence-corrected chi connectivity index (χ4v) is 2.92. The quantitative estimate of drug-likeness (QED) is 0.406. The molecule has 0 aliphatic heterocycles. The summed E-state index contributed by atoms with van der Waals surface area (Å²) in [5.41, 5.74) is 2.37. The van der Waals surface area contributed by atoms with Crippen LogP contribution in [0, 0.1) is 5.82 Å². The summed E-state index contributed by atoms with van der Waals surface area (Å²) in [5.74, 6) is -0.197. The topological polar surface area (TPSA) is 80.6 Å². The number of furan rings is 1. The zero-order chi connectivity index (χ0) is 22.3. The molecule has 0 aliphatic rings. The third kappa shape index (κ3) is 5.40.